The average Bonchev–Trinajstić information content (AvgIpc) is 2.34. The summed E-state index contributed by atoms with van der Waals surface area (Å²) in [6, 6.07) is 0. The van der Waals surface area contributed by atoms with Gasteiger partial charge in [0.15, 0.2) is 0 Å². The summed E-state index contributed by atoms with van der Waals surface area (Å²) in [6.07, 6.45) is 10.6. The Kier molecular flexibility index (Phi) is 3.25. The van der Waals surface area contributed by atoms with E-state index in [1.165, 1.54) is 32.1 Å². The van der Waals surface area contributed by atoms with Gasteiger partial charge in [0.2, 0.25) is 0 Å². The SMILES string of the molecule is CC(=O)[C@H]1CCC[C@@H]2CC3CCCCC3C[C@@]21O. The van der Waals surface area contributed by atoms with Crippen LogP contribution in [0.25, 0.3) is 0 Å². The Labute approximate surface area is 110 Å². The first-order valence-electron chi connectivity index (χ1n) is 7.84. The van der Waals surface area contributed by atoms with E-state index in [0.29, 0.717) is 11.8 Å². The molecular weight excluding hydrogens is 224 g/mol. The van der Waals surface area contributed by atoms with E-state index in [9.17, 15) is 9.90 Å². The smallest absolute Gasteiger partial charge is 0.135 e. The van der Waals surface area contributed by atoms with Gasteiger partial charge >= 0.3 is 0 Å². The van der Waals surface area contributed by atoms with E-state index in [2.05, 4.69) is 0 Å². The van der Waals surface area contributed by atoms with Gasteiger partial charge in [-0.3, -0.25) is 4.79 Å². The van der Waals surface area contributed by atoms with E-state index in [0.717, 1.165) is 31.6 Å². The molecule has 3 fully saturated rings. The molecule has 2 nitrogen and oxygen atoms in total. The monoisotopic (exact) mass is 250 g/mol. The first-order valence-corrected chi connectivity index (χ1v) is 7.84. The fraction of sp³-hybridized carbons (Fsp3) is 0.938. The molecule has 1 N–H and O–H groups in total. The molecule has 102 valence electrons. The third kappa shape index (κ3) is 1.93. The van der Waals surface area contributed by atoms with Crippen molar-refractivity contribution in [1.82, 2.24) is 0 Å². The number of rotatable bonds is 1. The molecule has 3 rings (SSSR count). The lowest BCUT2D eigenvalue weighted by atomic mass is 9.54. The molecule has 0 radical (unpaired) electrons. The van der Waals surface area contributed by atoms with Crippen LogP contribution in [0.2, 0.25) is 0 Å². The zero-order valence-corrected chi connectivity index (χ0v) is 11.5. The van der Waals surface area contributed by atoms with Gasteiger partial charge in [-0.05, 0) is 50.4 Å². The normalized spacial score (nSPS) is 48.1. The maximum Gasteiger partial charge on any atom is 0.135 e. The predicted octanol–water partition coefficient (Wildman–Crippen LogP) is 3.32. The Balaban J connectivity index is 1.84. The molecular formula is C16H26O2. The van der Waals surface area contributed by atoms with Crippen LogP contribution in [0.3, 0.4) is 0 Å². The Hall–Kier alpha value is -0.370. The number of ketones is 1. The largest absolute Gasteiger partial charge is 0.389 e. The van der Waals surface area contributed by atoms with E-state index in [4.69, 9.17) is 0 Å². The van der Waals surface area contributed by atoms with E-state index >= 15 is 0 Å². The molecule has 0 aromatic carbocycles. The lowest BCUT2D eigenvalue weighted by molar-refractivity contribution is -0.163. The van der Waals surface area contributed by atoms with Crippen LogP contribution in [0.15, 0.2) is 0 Å². The van der Waals surface area contributed by atoms with Crippen molar-refractivity contribution < 1.29 is 9.90 Å². The van der Waals surface area contributed by atoms with Gasteiger partial charge in [0.1, 0.15) is 5.78 Å². The first-order chi connectivity index (χ1) is 8.61. The molecule has 0 amide bonds. The number of hydrogen-bond acceptors (Lipinski definition) is 2. The van der Waals surface area contributed by atoms with Crippen molar-refractivity contribution in [1.29, 1.82) is 0 Å². The summed E-state index contributed by atoms with van der Waals surface area (Å²) in [5.74, 6) is 2.09. The van der Waals surface area contributed by atoms with Crippen LogP contribution in [0.4, 0.5) is 0 Å². The number of fused-ring (bicyclic) bond motifs is 2. The molecule has 2 unspecified atom stereocenters. The molecule has 0 saturated heterocycles. The minimum Gasteiger partial charge on any atom is -0.389 e. The molecule has 0 aromatic rings. The van der Waals surface area contributed by atoms with Gasteiger partial charge in [-0.2, -0.15) is 0 Å². The topological polar surface area (TPSA) is 37.3 Å². The lowest BCUT2D eigenvalue weighted by Gasteiger charge is -2.54. The molecule has 18 heavy (non-hydrogen) atoms. The second kappa shape index (κ2) is 4.63. The zero-order valence-electron chi connectivity index (χ0n) is 11.5. The molecule has 2 heteroatoms. The molecule has 0 bridgehead atoms. The maximum absolute atomic E-state index is 11.9. The summed E-state index contributed by atoms with van der Waals surface area (Å²) in [4.78, 5) is 11.9. The minimum atomic E-state index is -0.650. The van der Waals surface area contributed by atoms with Crippen LogP contribution in [0.5, 0.6) is 0 Å². The summed E-state index contributed by atoms with van der Waals surface area (Å²) < 4.78 is 0. The highest BCUT2D eigenvalue weighted by molar-refractivity contribution is 5.79. The zero-order chi connectivity index (χ0) is 12.8. The quantitative estimate of drug-likeness (QED) is 0.775. The molecule has 3 aliphatic carbocycles. The highest BCUT2D eigenvalue weighted by Gasteiger charge is 2.53. The fourth-order valence-electron chi connectivity index (χ4n) is 5.19. The molecule has 5 atom stereocenters. The third-order valence-corrected chi connectivity index (χ3v) is 6.09. The first kappa shape index (κ1) is 12.7. The standard InChI is InChI=1S/C16H26O2/c1-11(17)15-8-4-7-14-9-12-5-2-3-6-13(12)10-16(14,15)18/h12-15,18H,2-10H2,1H3/t12?,13?,14-,15-,16-/m1/s1. The summed E-state index contributed by atoms with van der Waals surface area (Å²) in [5.41, 5.74) is -0.650. The number of carbonyl (C=O) groups is 1. The van der Waals surface area contributed by atoms with Crippen molar-refractivity contribution in [3.8, 4) is 0 Å². The highest BCUT2D eigenvalue weighted by Crippen LogP contribution is 2.54. The molecule has 3 aliphatic rings. The summed E-state index contributed by atoms with van der Waals surface area (Å²) in [5, 5.41) is 11.1. The van der Waals surface area contributed by atoms with Crippen LogP contribution in [0.1, 0.15) is 64.7 Å². The Morgan fingerprint density at radius 2 is 1.78 bits per heavy atom. The number of carbonyl (C=O) groups excluding carboxylic acids is 1. The number of aliphatic hydroxyl groups is 1. The van der Waals surface area contributed by atoms with Gasteiger partial charge in [-0.25, -0.2) is 0 Å². The van der Waals surface area contributed by atoms with E-state index in [-0.39, 0.29) is 11.7 Å². The van der Waals surface area contributed by atoms with Crippen molar-refractivity contribution >= 4 is 5.78 Å². The van der Waals surface area contributed by atoms with Crippen molar-refractivity contribution in [3.63, 3.8) is 0 Å². The molecule has 0 heterocycles. The predicted molar refractivity (Wildman–Crippen MR) is 71.1 cm³/mol. The van der Waals surface area contributed by atoms with Crippen LogP contribution in [0, 0.1) is 23.7 Å². The third-order valence-electron chi connectivity index (χ3n) is 6.09. The Bertz CT molecular complexity index is 338. The maximum atomic E-state index is 11.9. The van der Waals surface area contributed by atoms with Crippen LogP contribution < -0.4 is 0 Å². The van der Waals surface area contributed by atoms with E-state index in [1.54, 1.807) is 6.92 Å². The Morgan fingerprint density at radius 3 is 2.50 bits per heavy atom. The summed E-state index contributed by atoms with van der Waals surface area (Å²) in [7, 11) is 0. The van der Waals surface area contributed by atoms with Crippen molar-refractivity contribution in [3.05, 3.63) is 0 Å². The highest BCUT2D eigenvalue weighted by atomic mass is 16.3. The fourth-order valence-corrected chi connectivity index (χ4v) is 5.19. The number of Topliss-reactive ketones (excluding diaryl/α,β-unsaturated/α-hetero) is 1. The average molecular weight is 250 g/mol. The van der Waals surface area contributed by atoms with Gasteiger partial charge in [0.05, 0.1) is 5.60 Å². The Morgan fingerprint density at radius 1 is 1.06 bits per heavy atom. The molecule has 0 aromatic heterocycles. The van der Waals surface area contributed by atoms with Crippen LogP contribution in [-0.2, 0) is 4.79 Å². The molecule has 0 spiro atoms. The van der Waals surface area contributed by atoms with E-state index in [1.807, 2.05) is 0 Å². The van der Waals surface area contributed by atoms with Gasteiger partial charge in [-0.15, -0.1) is 0 Å². The van der Waals surface area contributed by atoms with Gasteiger partial charge in [0, 0.05) is 5.92 Å². The van der Waals surface area contributed by atoms with E-state index < -0.39 is 5.60 Å². The van der Waals surface area contributed by atoms with Crippen LogP contribution >= 0.6 is 0 Å². The minimum absolute atomic E-state index is 0.0703. The molecule has 3 saturated carbocycles. The lowest BCUT2D eigenvalue weighted by Crippen LogP contribution is -2.56. The second-order valence-corrected chi connectivity index (χ2v) is 7.03. The summed E-state index contributed by atoms with van der Waals surface area (Å²) in [6.45, 7) is 1.68. The van der Waals surface area contributed by atoms with Crippen molar-refractivity contribution in [2.75, 3.05) is 0 Å². The second-order valence-electron chi connectivity index (χ2n) is 7.03. The van der Waals surface area contributed by atoms with Crippen LogP contribution in [-0.4, -0.2) is 16.5 Å². The number of hydrogen-bond donors (Lipinski definition) is 1. The summed E-state index contributed by atoms with van der Waals surface area (Å²) >= 11 is 0. The van der Waals surface area contributed by atoms with Gasteiger partial charge < -0.3 is 5.11 Å². The molecule has 0 aliphatic heterocycles. The van der Waals surface area contributed by atoms with Gasteiger partial charge in [0.25, 0.3) is 0 Å². The van der Waals surface area contributed by atoms with Crippen molar-refractivity contribution in [2.24, 2.45) is 23.7 Å². The van der Waals surface area contributed by atoms with Gasteiger partial charge in [-0.1, -0.05) is 32.1 Å². The van der Waals surface area contributed by atoms with Crippen molar-refractivity contribution in [2.45, 2.75) is 70.3 Å².